The minimum absolute atomic E-state index is 0.00361. The van der Waals surface area contributed by atoms with Crippen molar-refractivity contribution in [2.24, 2.45) is 11.8 Å². The Morgan fingerprint density at radius 1 is 1.15 bits per heavy atom. The van der Waals surface area contributed by atoms with Crippen LogP contribution in [0.2, 0.25) is 0 Å². The van der Waals surface area contributed by atoms with Crippen LogP contribution in [0, 0.1) is 11.8 Å². The van der Waals surface area contributed by atoms with Gasteiger partial charge in [-0.1, -0.05) is 13.8 Å². The third kappa shape index (κ3) is 4.75. The van der Waals surface area contributed by atoms with Crippen molar-refractivity contribution in [1.29, 1.82) is 0 Å². The summed E-state index contributed by atoms with van der Waals surface area (Å²) in [6.07, 6.45) is 3.72. The molecule has 3 amide bonds. The van der Waals surface area contributed by atoms with Gasteiger partial charge in [-0.3, -0.25) is 19.3 Å². The molecule has 0 radical (unpaired) electrons. The quantitative estimate of drug-likeness (QED) is 0.713. The number of carbonyl (C=O) groups excluding carboxylic acids is 3. The number of nitrogens with zero attached hydrogens (tertiary/aromatic N) is 2. The minimum Gasteiger partial charge on any atom is -0.352 e. The highest BCUT2D eigenvalue weighted by molar-refractivity contribution is 5.90. The molecule has 2 heterocycles. The fourth-order valence-corrected chi connectivity index (χ4v) is 4.03. The Balaban J connectivity index is 1.71. The molecule has 0 aromatic carbocycles. The number of amides is 3. The van der Waals surface area contributed by atoms with E-state index in [2.05, 4.69) is 29.4 Å². The summed E-state index contributed by atoms with van der Waals surface area (Å²) in [4.78, 5) is 40.9. The fourth-order valence-electron chi connectivity index (χ4n) is 4.03. The lowest BCUT2D eigenvalue weighted by Crippen LogP contribution is -2.52. The van der Waals surface area contributed by atoms with Gasteiger partial charge in [-0.25, -0.2) is 0 Å². The van der Waals surface area contributed by atoms with Gasteiger partial charge in [-0.05, 0) is 38.1 Å². The molecule has 0 aromatic rings. The van der Waals surface area contributed by atoms with Gasteiger partial charge in [0, 0.05) is 44.6 Å². The molecule has 0 spiro atoms. The zero-order valence-corrected chi connectivity index (χ0v) is 16.2. The van der Waals surface area contributed by atoms with E-state index in [1.54, 1.807) is 0 Å². The average Bonchev–Trinajstić information content (AvgIpc) is 3.34. The smallest absolute Gasteiger partial charge is 0.246 e. The van der Waals surface area contributed by atoms with Crippen molar-refractivity contribution in [1.82, 2.24) is 20.4 Å². The van der Waals surface area contributed by atoms with Crippen LogP contribution in [0.5, 0.6) is 0 Å². The number of fused-ring (bicyclic) bond motifs is 1. The first-order chi connectivity index (χ1) is 12.3. The molecule has 2 N–H and O–H groups in total. The summed E-state index contributed by atoms with van der Waals surface area (Å²) < 4.78 is 0. The molecule has 26 heavy (non-hydrogen) atoms. The second kappa shape index (κ2) is 7.94. The summed E-state index contributed by atoms with van der Waals surface area (Å²) in [5.41, 5.74) is 0. The molecular weight excluding hydrogens is 332 g/mol. The normalized spacial score (nSPS) is 29.5. The van der Waals surface area contributed by atoms with Crippen LogP contribution in [0.25, 0.3) is 0 Å². The second-order valence-corrected chi connectivity index (χ2v) is 8.56. The van der Waals surface area contributed by atoms with Crippen molar-refractivity contribution in [3.05, 3.63) is 0 Å². The molecule has 0 aromatic heterocycles. The van der Waals surface area contributed by atoms with E-state index >= 15 is 0 Å². The zero-order chi connectivity index (χ0) is 18.8. The third-order valence-corrected chi connectivity index (χ3v) is 5.60. The van der Waals surface area contributed by atoms with E-state index in [4.69, 9.17) is 0 Å². The highest BCUT2D eigenvalue weighted by Gasteiger charge is 2.43. The van der Waals surface area contributed by atoms with Gasteiger partial charge < -0.3 is 15.5 Å². The van der Waals surface area contributed by atoms with E-state index in [1.165, 1.54) is 6.92 Å². The number of carbonyl (C=O) groups is 3. The van der Waals surface area contributed by atoms with Gasteiger partial charge in [-0.2, -0.15) is 0 Å². The van der Waals surface area contributed by atoms with Crippen molar-refractivity contribution in [2.45, 2.75) is 64.6 Å². The summed E-state index contributed by atoms with van der Waals surface area (Å²) in [6.45, 7) is 8.77. The predicted octanol–water partition coefficient (Wildman–Crippen LogP) is 0.349. The molecule has 0 bridgehead atoms. The van der Waals surface area contributed by atoms with Crippen molar-refractivity contribution in [3.63, 3.8) is 0 Å². The first-order valence-corrected chi connectivity index (χ1v) is 9.93. The van der Waals surface area contributed by atoms with Crippen molar-refractivity contribution in [2.75, 3.05) is 26.2 Å². The molecule has 3 fully saturated rings. The van der Waals surface area contributed by atoms with E-state index in [-0.39, 0.29) is 35.7 Å². The number of hydrogen-bond donors (Lipinski definition) is 2. The predicted molar refractivity (Wildman–Crippen MR) is 98.3 cm³/mol. The number of hydrogen-bond acceptors (Lipinski definition) is 4. The average molecular weight is 364 g/mol. The Kier molecular flexibility index (Phi) is 5.85. The molecule has 2 aliphatic heterocycles. The molecule has 146 valence electrons. The van der Waals surface area contributed by atoms with Crippen LogP contribution >= 0.6 is 0 Å². The van der Waals surface area contributed by atoms with Crippen molar-refractivity contribution in [3.8, 4) is 0 Å². The van der Waals surface area contributed by atoms with Crippen LogP contribution in [-0.4, -0.2) is 71.8 Å². The highest BCUT2D eigenvalue weighted by Crippen LogP contribution is 2.29. The van der Waals surface area contributed by atoms with Crippen LogP contribution in [0.4, 0.5) is 0 Å². The van der Waals surface area contributed by atoms with Crippen LogP contribution < -0.4 is 10.6 Å². The topological polar surface area (TPSA) is 81.8 Å². The standard InChI is InChI=1S/C19H32N4O3/c1-12(2)6-7-22-10-16-8-15(20-13(3)24)9-23(16)19(26)17(11-22)21-18(25)14-4-5-14/h12,14-17H,4-11H2,1-3H3,(H,20,24)(H,21,25)/t15-,16-,17-/m0/s1. The first-order valence-electron chi connectivity index (χ1n) is 9.93. The lowest BCUT2D eigenvalue weighted by atomic mass is 10.1. The van der Waals surface area contributed by atoms with Gasteiger partial charge in [-0.15, -0.1) is 0 Å². The fraction of sp³-hybridized carbons (Fsp3) is 0.842. The van der Waals surface area contributed by atoms with Crippen molar-refractivity contribution < 1.29 is 14.4 Å². The molecule has 7 nitrogen and oxygen atoms in total. The molecular formula is C19H32N4O3. The Bertz CT molecular complexity index is 561. The Morgan fingerprint density at radius 2 is 1.88 bits per heavy atom. The minimum atomic E-state index is -0.476. The Labute approximate surface area is 155 Å². The van der Waals surface area contributed by atoms with Gasteiger partial charge in [0.1, 0.15) is 6.04 Å². The van der Waals surface area contributed by atoms with Crippen LogP contribution in [-0.2, 0) is 14.4 Å². The Hall–Kier alpha value is -1.63. The molecule has 1 aliphatic carbocycles. The summed E-state index contributed by atoms with van der Waals surface area (Å²) in [5, 5.41) is 5.95. The summed E-state index contributed by atoms with van der Waals surface area (Å²) in [7, 11) is 0. The SMILES string of the molecule is CC(=O)N[C@H]1C[C@H]2CN(CCC(C)C)C[C@H](NC(=O)C3CC3)C(=O)N2C1. The highest BCUT2D eigenvalue weighted by atomic mass is 16.2. The summed E-state index contributed by atoms with van der Waals surface area (Å²) in [6, 6.07) is -0.364. The molecule has 1 saturated carbocycles. The van der Waals surface area contributed by atoms with Gasteiger partial charge >= 0.3 is 0 Å². The maximum absolute atomic E-state index is 13.1. The zero-order valence-electron chi connectivity index (χ0n) is 16.2. The van der Waals surface area contributed by atoms with Gasteiger partial charge in [0.15, 0.2) is 0 Å². The maximum atomic E-state index is 13.1. The van der Waals surface area contributed by atoms with E-state index in [0.717, 1.165) is 38.8 Å². The molecule has 2 saturated heterocycles. The molecule has 7 heteroatoms. The van der Waals surface area contributed by atoms with E-state index in [0.29, 0.717) is 19.0 Å². The summed E-state index contributed by atoms with van der Waals surface area (Å²) in [5.74, 6) is 0.652. The van der Waals surface area contributed by atoms with Crippen molar-refractivity contribution >= 4 is 17.7 Å². The molecule has 3 rings (SSSR count). The van der Waals surface area contributed by atoms with Crippen LogP contribution in [0.3, 0.4) is 0 Å². The first kappa shape index (κ1) is 19.1. The second-order valence-electron chi connectivity index (χ2n) is 8.56. The number of nitrogens with one attached hydrogen (secondary N) is 2. The number of rotatable bonds is 6. The van der Waals surface area contributed by atoms with E-state index in [1.807, 2.05) is 4.90 Å². The van der Waals surface area contributed by atoms with Crippen LogP contribution in [0.1, 0.15) is 46.5 Å². The van der Waals surface area contributed by atoms with E-state index < -0.39 is 6.04 Å². The molecule has 3 aliphatic rings. The van der Waals surface area contributed by atoms with Gasteiger partial charge in [0.25, 0.3) is 0 Å². The maximum Gasteiger partial charge on any atom is 0.246 e. The Morgan fingerprint density at radius 3 is 2.50 bits per heavy atom. The lowest BCUT2D eigenvalue weighted by molar-refractivity contribution is -0.136. The monoisotopic (exact) mass is 364 g/mol. The molecule has 3 atom stereocenters. The van der Waals surface area contributed by atoms with Gasteiger partial charge in [0.05, 0.1) is 0 Å². The summed E-state index contributed by atoms with van der Waals surface area (Å²) >= 11 is 0. The van der Waals surface area contributed by atoms with Gasteiger partial charge in [0.2, 0.25) is 17.7 Å². The van der Waals surface area contributed by atoms with Crippen LogP contribution in [0.15, 0.2) is 0 Å². The third-order valence-electron chi connectivity index (χ3n) is 5.60. The van der Waals surface area contributed by atoms with E-state index in [9.17, 15) is 14.4 Å². The largest absolute Gasteiger partial charge is 0.352 e. The lowest BCUT2D eigenvalue weighted by Gasteiger charge is -2.25. The molecule has 0 unspecified atom stereocenters.